The highest BCUT2D eigenvalue weighted by Crippen LogP contribution is 2.43. The number of carbonyl (C=O) groups excluding carboxylic acids is 1. The van der Waals surface area contributed by atoms with Gasteiger partial charge in [0.25, 0.3) is 5.91 Å². The number of H-pyrrole nitrogens is 1. The number of hydrogen-bond donors (Lipinski definition) is 1. The number of halogens is 1. The molecule has 1 unspecified atom stereocenters. The average molecular weight is 470 g/mol. The molecule has 0 fully saturated rings. The molecule has 0 saturated heterocycles. The lowest BCUT2D eigenvalue weighted by atomic mass is 9.96. The Morgan fingerprint density at radius 3 is 2.70 bits per heavy atom. The molecule has 6 nitrogen and oxygen atoms in total. The number of rotatable bonds is 8. The van der Waals surface area contributed by atoms with E-state index in [0.717, 1.165) is 39.0 Å². The molecule has 0 bridgehead atoms. The fraction of sp³-hybridized carbons (Fsp3) is 0.304. The quantitative estimate of drug-likeness (QED) is 0.480. The van der Waals surface area contributed by atoms with Crippen LogP contribution in [0.5, 0.6) is 5.75 Å². The number of benzene rings is 2. The molecule has 1 N–H and O–H groups in total. The number of ether oxygens (including phenoxy) is 2. The highest BCUT2D eigenvalue weighted by molar-refractivity contribution is 9.10. The lowest BCUT2D eigenvalue weighted by Crippen LogP contribution is -2.31. The normalized spacial score (nSPS) is 15.5. The topological polar surface area (TPSA) is 67.4 Å². The molecule has 1 aliphatic heterocycles. The lowest BCUT2D eigenvalue weighted by molar-refractivity contribution is 0.0723. The molecule has 156 valence electrons. The maximum atomic E-state index is 13.2. The van der Waals surface area contributed by atoms with Gasteiger partial charge < -0.3 is 14.4 Å². The van der Waals surface area contributed by atoms with E-state index in [1.807, 2.05) is 48.2 Å². The number of aromatic nitrogens is 2. The van der Waals surface area contributed by atoms with Gasteiger partial charge >= 0.3 is 0 Å². The molecule has 1 amide bonds. The van der Waals surface area contributed by atoms with Gasteiger partial charge in [-0.15, -0.1) is 0 Å². The van der Waals surface area contributed by atoms with E-state index in [1.54, 1.807) is 7.11 Å². The van der Waals surface area contributed by atoms with Crippen LogP contribution >= 0.6 is 15.9 Å². The molecule has 1 aliphatic rings. The molecule has 0 aliphatic carbocycles. The summed E-state index contributed by atoms with van der Waals surface area (Å²) in [6.07, 6.45) is 0.767. The van der Waals surface area contributed by atoms with Crippen molar-refractivity contribution in [2.45, 2.75) is 19.4 Å². The van der Waals surface area contributed by atoms with Crippen LogP contribution in [0.25, 0.3) is 11.3 Å². The predicted molar refractivity (Wildman–Crippen MR) is 119 cm³/mol. The second kappa shape index (κ2) is 9.02. The summed E-state index contributed by atoms with van der Waals surface area (Å²) in [5, 5.41) is 7.51. The number of nitrogens with one attached hydrogen (secondary N) is 1. The third kappa shape index (κ3) is 3.87. The highest BCUT2D eigenvalue weighted by Gasteiger charge is 2.41. The highest BCUT2D eigenvalue weighted by atomic mass is 79.9. The van der Waals surface area contributed by atoms with Gasteiger partial charge in [0.2, 0.25) is 0 Å². The first-order chi connectivity index (χ1) is 14.6. The monoisotopic (exact) mass is 469 g/mol. The molecule has 1 aromatic heterocycles. The smallest absolute Gasteiger partial charge is 0.273 e. The van der Waals surface area contributed by atoms with E-state index < -0.39 is 0 Å². The van der Waals surface area contributed by atoms with Crippen molar-refractivity contribution in [3.05, 3.63) is 69.8 Å². The minimum absolute atomic E-state index is 0.0317. The lowest BCUT2D eigenvalue weighted by Gasteiger charge is -2.26. The number of carbonyl (C=O) groups is 1. The van der Waals surface area contributed by atoms with Gasteiger partial charge in [0.1, 0.15) is 11.4 Å². The number of nitrogens with zero attached hydrogens (tertiary/aromatic N) is 2. The summed E-state index contributed by atoms with van der Waals surface area (Å²) in [5.41, 5.74) is 4.26. The first kappa shape index (κ1) is 20.6. The predicted octanol–water partition coefficient (Wildman–Crippen LogP) is 4.82. The van der Waals surface area contributed by atoms with Crippen LogP contribution in [0.2, 0.25) is 0 Å². The molecule has 1 atom stereocenters. The Labute approximate surface area is 184 Å². The summed E-state index contributed by atoms with van der Waals surface area (Å²) in [7, 11) is 1.67. The van der Waals surface area contributed by atoms with Crippen molar-refractivity contribution in [2.24, 2.45) is 0 Å². The van der Waals surface area contributed by atoms with Crippen LogP contribution in [0.15, 0.2) is 53.0 Å². The van der Waals surface area contributed by atoms with Crippen molar-refractivity contribution < 1.29 is 14.3 Å². The minimum atomic E-state index is -0.206. The van der Waals surface area contributed by atoms with E-state index in [1.165, 1.54) is 0 Å². The minimum Gasteiger partial charge on any atom is -0.494 e. The molecular weight excluding hydrogens is 446 g/mol. The number of methoxy groups -OCH3 is 1. The Morgan fingerprint density at radius 2 is 2.00 bits per heavy atom. The third-order valence-corrected chi connectivity index (χ3v) is 5.71. The van der Waals surface area contributed by atoms with Crippen molar-refractivity contribution >= 4 is 21.8 Å². The first-order valence-corrected chi connectivity index (χ1v) is 10.8. The van der Waals surface area contributed by atoms with Gasteiger partial charge in [0.05, 0.1) is 18.3 Å². The van der Waals surface area contributed by atoms with E-state index in [9.17, 15) is 4.79 Å². The maximum absolute atomic E-state index is 13.2. The molecule has 2 aromatic carbocycles. The maximum Gasteiger partial charge on any atom is 0.273 e. The number of fused-ring (bicyclic) bond motifs is 1. The molecule has 0 spiro atoms. The van der Waals surface area contributed by atoms with Crippen LogP contribution in [0.4, 0.5) is 0 Å². The summed E-state index contributed by atoms with van der Waals surface area (Å²) in [6, 6.07) is 15.7. The van der Waals surface area contributed by atoms with Gasteiger partial charge in [0, 0.05) is 35.9 Å². The van der Waals surface area contributed by atoms with E-state index in [4.69, 9.17) is 9.47 Å². The summed E-state index contributed by atoms with van der Waals surface area (Å²) < 4.78 is 11.7. The Bertz CT molecular complexity index is 1030. The van der Waals surface area contributed by atoms with Gasteiger partial charge in [-0.1, -0.05) is 28.1 Å². The van der Waals surface area contributed by atoms with E-state index in [2.05, 4.69) is 38.3 Å². The van der Waals surface area contributed by atoms with E-state index >= 15 is 0 Å². The second-order valence-electron chi connectivity index (χ2n) is 7.12. The summed E-state index contributed by atoms with van der Waals surface area (Å²) in [6.45, 7) is 3.79. The average Bonchev–Trinajstić information content (AvgIpc) is 3.28. The van der Waals surface area contributed by atoms with Gasteiger partial charge in [-0.05, 0) is 55.3 Å². The summed E-state index contributed by atoms with van der Waals surface area (Å²) in [4.78, 5) is 15.1. The summed E-state index contributed by atoms with van der Waals surface area (Å²) >= 11 is 3.56. The van der Waals surface area contributed by atoms with Crippen LogP contribution in [0, 0.1) is 0 Å². The Hall–Kier alpha value is -2.64. The second-order valence-corrected chi connectivity index (χ2v) is 8.04. The fourth-order valence-electron chi connectivity index (χ4n) is 3.93. The van der Waals surface area contributed by atoms with Crippen molar-refractivity contribution in [1.82, 2.24) is 15.1 Å². The Balaban J connectivity index is 1.77. The Morgan fingerprint density at radius 1 is 1.20 bits per heavy atom. The zero-order valence-corrected chi connectivity index (χ0v) is 18.6. The van der Waals surface area contributed by atoms with Gasteiger partial charge in [-0.25, -0.2) is 0 Å². The van der Waals surface area contributed by atoms with E-state index in [0.29, 0.717) is 25.5 Å². The molecule has 0 saturated carbocycles. The Kier molecular flexibility index (Phi) is 6.20. The molecule has 3 aromatic rings. The van der Waals surface area contributed by atoms with Crippen LogP contribution in [-0.4, -0.2) is 47.9 Å². The number of aromatic amines is 1. The fourth-order valence-corrected chi connectivity index (χ4v) is 4.34. The van der Waals surface area contributed by atoms with Crippen molar-refractivity contribution in [3.63, 3.8) is 0 Å². The van der Waals surface area contributed by atoms with Crippen LogP contribution < -0.4 is 4.74 Å². The third-order valence-electron chi connectivity index (χ3n) is 5.21. The number of hydrogen-bond acceptors (Lipinski definition) is 4. The van der Waals surface area contributed by atoms with Crippen molar-refractivity contribution in [2.75, 3.05) is 26.9 Å². The van der Waals surface area contributed by atoms with Crippen molar-refractivity contribution in [1.29, 1.82) is 0 Å². The zero-order chi connectivity index (χ0) is 21.1. The molecule has 2 heterocycles. The first-order valence-electron chi connectivity index (χ1n) is 10.0. The molecular formula is C23H24BrN3O3. The van der Waals surface area contributed by atoms with Gasteiger partial charge in [-0.3, -0.25) is 9.89 Å². The number of amides is 1. The van der Waals surface area contributed by atoms with Crippen LogP contribution in [-0.2, 0) is 4.74 Å². The SMILES string of the molecule is CCOc1ccc(-c2n[nH]c3c2C(c2cccc(Br)c2)N(CCCOC)C3=O)cc1. The van der Waals surface area contributed by atoms with E-state index in [-0.39, 0.29) is 11.9 Å². The van der Waals surface area contributed by atoms with Crippen LogP contribution in [0.3, 0.4) is 0 Å². The standard InChI is InChI=1S/C23H24BrN3O3/c1-3-30-18-10-8-15(9-11-18)20-19-21(26-25-20)23(28)27(12-5-13-29-2)22(19)16-6-4-7-17(24)14-16/h4,6-11,14,22H,3,5,12-13H2,1-2H3,(H,25,26). The zero-order valence-electron chi connectivity index (χ0n) is 17.0. The van der Waals surface area contributed by atoms with Crippen molar-refractivity contribution in [3.8, 4) is 17.0 Å². The molecule has 4 rings (SSSR count). The van der Waals surface area contributed by atoms with Crippen LogP contribution in [0.1, 0.15) is 41.0 Å². The molecule has 30 heavy (non-hydrogen) atoms. The van der Waals surface area contributed by atoms with Gasteiger partial charge in [0.15, 0.2) is 0 Å². The molecule has 7 heteroatoms. The van der Waals surface area contributed by atoms with Gasteiger partial charge in [-0.2, -0.15) is 5.10 Å². The largest absolute Gasteiger partial charge is 0.494 e. The molecule has 0 radical (unpaired) electrons. The summed E-state index contributed by atoms with van der Waals surface area (Å²) in [5.74, 6) is 0.782.